The number of rotatable bonds is 11. The van der Waals surface area contributed by atoms with Gasteiger partial charge >= 0.3 is 92.4 Å². The number of aliphatic hydroxyl groups is 1. The first-order valence-corrected chi connectivity index (χ1v) is 14.3. The van der Waals surface area contributed by atoms with E-state index in [1.54, 1.807) is 13.3 Å². The third-order valence-corrected chi connectivity index (χ3v) is 12.2. The zero-order valence-corrected chi connectivity index (χ0v) is 16.3. The van der Waals surface area contributed by atoms with Gasteiger partial charge in [-0.05, 0) is 6.42 Å². The molecule has 0 unspecified atom stereocenters. The van der Waals surface area contributed by atoms with Gasteiger partial charge in [-0.25, -0.2) is 0 Å². The Labute approximate surface area is 123 Å². The quantitative estimate of drug-likeness (QED) is 0.469. The zero-order valence-electron chi connectivity index (χ0n) is 13.4. The molecule has 0 aliphatic carbocycles. The molecular formula is C16H37OSn. The van der Waals surface area contributed by atoms with Crippen LogP contribution in [-0.2, 0) is 0 Å². The molecule has 0 aromatic carbocycles. The van der Waals surface area contributed by atoms with Crippen molar-refractivity contribution in [3.63, 3.8) is 0 Å². The molecule has 0 amide bonds. The van der Waals surface area contributed by atoms with E-state index in [1.807, 2.05) is 0 Å². The molecule has 0 heterocycles. The van der Waals surface area contributed by atoms with Crippen molar-refractivity contribution in [3.8, 4) is 0 Å². The molecule has 0 aromatic rings. The van der Waals surface area contributed by atoms with E-state index < -0.39 is 19.8 Å². The van der Waals surface area contributed by atoms with E-state index in [0.29, 0.717) is 6.61 Å². The van der Waals surface area contributed by atoms with Gasteiger partial charge in [0.15, 0.2) is 0 Å². The van der Waals surface area contributed by atoms with E-state index in [0.717, 1.165) is 12.8 Å². The van der Waals surface area contributed by atoms with Gasteiger partial charge in [-0.15, -0.1) is 0 Å². The summed E-state index contributed by atoms with van der Waals surface area (Å²) in [5, 5.41) is 8.07. The molecule has 0 bridgehead atoms. The van der Waals surface area contributed by atoms with Crippen molar-refractivity contribution >= 4 is 19.8 Å². The molecule has 0 aromatic heterocycles. The fraction of sp³-hybridized carbons (Fsp3) is 1.00. The molecule has 18 heavy (non-hydrogen) atoms. The van der Waals surface area contributed by atoms with Crippen LogP contribution < -0.4 is 0 Å². The fourth-order valence-electron chi connectivity index (χ4n) is 1.81. The van der Waals surface area contributed by atoms with Crippen LogP contribution in [0.15, 0.2) is 0 Å². The summed E-state index contributed by atoms with van der Waals surface area (Å²) in [6.07, 6.45) is 10.9. The van der Waals surface area contributed by atoms with Gasteiger partial charge in [-0.2, -0.15) is 0 Å². The summed E-state index contributed by atoms with van der Waals surface area (Å²) in [6, 6.07) is 0. The summed E-state index contributed by atoms with van der Waals surface area (Å²) >= 11 is -0.839. The van der Waals surface area contributed by atoms with Crippen LogP contribution in [0, 0.1) is 0 Å². The Bertz CT molecular complexity index is 107. The Kier molecular flexibility index (Phi) is 23.5. The second-order valence-electron chi connectivity index (χ2n) is 5.14. The van der Waals surface area contributed by atoms with Crippen molar-refractivity contribution < 1.29 is 5.11 Å². The van der Waals surface area contributed by atoms with Crippen molar-refractivity contribution in [2.24, 2.45) is 0 Å². The van der Waals surface area contributed by atoms with Gasteiger partial charge in [0.05, 0.1) is 0 Å². The third kappa shape index (κ3) is 19.1. The van der Waals surface area contributed by atoms with Crippen molar-refractivity contribution in [2.75, 3.05) is 6.61 Å². The number of hydrogen-bond acceptors (Lipinski definition) is 1. The summed E-state index contributed by atoms with van der Waals surface area (Å²) < 4.78 is 5.04. The molecule has 1 nitrogen and oxygen atoms in total. The minimum absolute atomic E-state index is 0.344. The molecule has 0 saturated carbocycles. The van der Waals surface area contributed by atoms with Gasteiger partial charge < -0.3 is 5.11 Å². The second-order valence-corrected chi connectivity index (χ2v) is 13.7. The maximum absolute atomic E-state index is 8.07. The number of aliphatic hydroxyl groups excluding tert-OH is 1. The minimum atomic E-state index is -0.839. The molecule has 0 spiro atoms. The summed E-state index contributed by atoms with van der Waals surface area (Å²) in [6.45, 7) is 9.40. The van der Waals surface area contributed by atoms with Gasteiger partial charge in [-0.1, -0.05) is 13.3 Å². The second kappa shape index (κ2) is 20.1. The van der Waals surface area contributed by atoms with Crippen LogP contribution in [0.2, 0.25) is 13.3 Å². The van der Waals surface area contributed by atoms with Gasteiger partial charge in [0.25, 0.3) is 0 Å². The standard InChI is InChI=1S/C4H10O.3C4H9.Sn/c1-2-3-4-5;3*1-3-4-2;/h5H,2-4H2,1H3;3*1,3-4H2,2H3;. The van der Waals surface area contributed by atoms with Gasteiger partial charge in [-0.3, -0.25) is 0 Å². The first-order chi connectivity index (χ1) is 8.76. The monoisotopic (exact) mass is 365 g/mol. The summed E-state index contributed by atoms with van der Waals surface area (Å²) in [4.78, 5) is 0. The van der Waals surface area contributed by atoms with Crippen LogP contribution in [0.3, 0.4) is 0 Å². The van der Waals surface area contributed by atoms with Crippen LogP contribution in [0.5, 0.6) is 0 Å². The van der Waals surface area contributed by atoms with E-state index >= 15 is 0 Å². The van der Waals surface area contributed by atoms with Crippen LogP contribution in [0.1, 0.15) is 79.1 Å². The Morgan fingerprint density at radius 2 is 0.944 bits per heavy atom. The normalized spacial score (nSPS) is 10.3. The summed E-state index contributed by atoms with van der Waals surface area (Å²) in [7, 11) is 0. The van der Waals surface area contributed by atoms with E-state index in [1.165, 1.54) is 38.5 Å². The molecule has 0 aliphatic rings. The van der Waals surface area contributed by atoms with Crippen LogP contribution in [0.25, 0.3) is 0 Å². The van der Waals surface area contributed by atoms with Crippen molar-refractivity contribution in [1.82, 2.24) is 0 Å². The molecule has 0 fully saturated rings. The molecular weight excluding hydrogens is 327 g/mol. The Morgan fingerprint density at radius 3 is 1.11 bits per heavy atom. The molecule has 0 saturated heterocycles. The molecule has 2 heteroatoms. The average Bonchev–Trinajstić information content (AvgIpc) is 2.39. The third-order valence-electron chi connectivity index (χ3n) is 3.16. The molecule has 0 aliphatic heterocycles. The first kappa shape index (κ1) is 21.1. The van der Waals surface area contributed by atoms with Crippen LogP contribution >= 0.6 is 0 Å². The summed E-state index contributed by atoms with van der Waals surface area (Å²) in [5.74, 6) is 0. The van der Waals surface area contributed by atoms with Gasteiger partial charge in [0.1, 0.15) is 0 Å². The van der Waals surface area contributed by atoms with E-state index in [9.17, 15) is 0 Å². The van der Waals surface area contributed by atoms with Crippen LogP contribution in [-0.4, -0.2) is 31.5 Å². The van der Waals surface area contributed by atoms with Crippen molar-refractivity contribution in [1.29, 1.82) is 0 Å². The fourth-order valence-corrected chi connectivity index (χ4v) is 11.3. The van der Waals surface area contributed by atoms with E-state index in [4.69, 9.17) is 5.11 Å². The predicted molar refractivity (Wildman–Crippen MR) is 86.9 cm³/mol. The zero-order chi connectivity index (χ0) is 14.1. The first-order valence-electron chi connectivity index (χ1n) is 8.21. The Hall–Kier alpha value is 0.759. The molecule has 1 radical (unpaired) electrons. The Morgan fingerprint density at radius 1 is 0.611 bits per heavy atom. The number of unbranched alkanes of at least 4 members (excludes halogenated alkanes) is 4. The Balaban J connectivity index is 0. The average molecular weight is 364 g/mol. The molecule has 1 N–H and O–H groups in total. The predicted octanol–water partition coefficient (Wildman–Crippen LogP) is 5.66. The number of hydrogen-bond donors (Lipinski definition) is 1. The molecule has 0 rings (SSSR count). The SMILES string of the molecule is CCCCO.CCC[CH2][Sn]([CH2]CCC)[CH2]CCC. The maximum atomic E-state index is 8.07. The topological polar surface area (TPSA) is 20.2 Å². The van der Waals surface area contributed by atoms with E-state index in [-0.39, 0.29) is 0 Å². The van der Waals surface area contributed by atoms with Crippen molar-refractivity contribution in [3.05, 3.63) is 0 Å². The summed E-state index contributed by atoms with van der Waals surface area (Å²) in [5.41, 5.74) is 0. The van der Waals surface area contributed by atoms with Crippen molar-refractivity contribution in [2.45, 2.75) is 92.4 Å². The van der Waals surface area contributed by atoms with Crippen LogP contribution in [0.4, 0.5) is 0 Å². The molecule has 111 valence electrons. The molecule has 0 atom stereocenters. The van der Waals surface area contributed by atoms with E-state index in [2.05, 4.69) is 27.7 Å². The van der Waals surface area contributed by atoms with Gasteiger partial charge in [0, 0.05) is 6.61 Å². The van der Waals surface area contributed by atoms with Gasteiger partial charge in [0.2, 0.25) is 0 Å².